The van der Waals surface area contributed by atoms with Gasteiger partial charge in [-0.2, -0.15) is 0 Å². The van der Waals surface area contributed by atoms with Gasteiger partial charge in [0.25, 0.3) is 0 Å². The van der Waals surface area contributed by atoms with Gasteiger partial charge in [-0.1, -0.05) is 37.3 Å². The van der Waals surface area contributed by atoms with Crippen LogP contribution in [0.25, 0.3) is 0 Å². The average molecular weight is 419 g/mol. The van der Waals surface area contributed by atoms with Crippen molar-refractivity contribution in [3.8, 4) is 11.5 Å². The highest BCUT2D eigenvalue weighted by molar-refractivity contribution is 7.92. The van der Waals surface area contributed by atoms with Crippen molar-refractivity contribution in [2.75, 3.05) is 29.8 Å². The van der Waals surface area contributed by atoms with E-state index in [1.165, 1.54) is 0 Å². The van der Waals surface area contributed by atoms with Crippen LogP contribution in [0.1, 0.15) is 31.9 Å². The Morgan fingerprint density at radius 1 is 1.07 bits per heavy atom. The molecule has 156 valence electrons. The van der Waals surface area contributed by atoms with Gasteiger partial charge in [-0.25, -0.2) is 8.42 Å². The Balaban J connectivity index is 1.82. The molecule has 1 N–H and O–H groups in total. The Kier molecular flexibility index (Phi) is 6.64. The SMILES string of the molecule is CCC(NC(=O)CN(c1ccc2c(c1)OCCO2)S(=O)(=O)CC)c1ccccc1. The van der Waals surface area contributed by atoms with Gasteiger partial charge in [-0.15, -0.1) is 0 Å². The number of carbonyl (C=O) groups excluding carboxylic acids is 1. The number of ether oxygens (including phenoxy) is 2. The number of benzene rings is 2. The van der Waals surface area contributed by atoms with Crippen LogP contribution in [-0.4, -0.2) is 39.8 Å². The Morgan fingerprint density at radius 2 is 1.76 bits per heavy atom. The van der Waals surface area contributed by atoms with Gasteiger partial charge >= 0.3 is 0 Å². The molecule has 1 aliphatic rings. The number of hydrogen-bond donors (Lipinski definition) is 1. The van der Waals surface area contributed by atoms with Gasteiger partial charge in [-0.3, -0.25) is 9.10 Å². The van der Waals surface area contributed by atoms with Crippen LogP contribution in [0.4, 0.5) is 5.69 Å². The van der Waals surface area contributed by atoms with Gasteiger partial charge in [0.1, 0.15) is 19.8 Å². The minimum atomic E-state index is -3.67. The summed E-state index contributed by atoms with van der Waals surface area (Å²) in [4.78, 5) is 12.7. The summed E-state index contributed by atoms with van der Waals surface area (Å²) in [7, 11) is -3.67. The van der Waals surface area contributed by atoms with Gasteiger partial charge in [0.05, 0.1) is 17.5 Å². The van der Waals surface area contributed by atoms with Crippen LogP contribution in [0, 0.1) is 0 Å². The summed E-state index contributed by atoms with van der Waals surface area (Å²) in [6, 6.07) is 14.3. The number of anilines is 1. The molecule has 0 bridgehead atoms. The first-order chi connectivity index (χ1) is 13.9. The lowest BCUT2D eigenvalue weighted by atomic mass is 10.0. The second kappa shape index (κ2) is 9.17. The third kappa shape index (κ3) is 5.00. The molecule has 0 aliphatic carbocycles. The zero-order valence-electron chi connectivity index (χ0n) is 16.6. The standard InChI is InChI=1S/C21H26N2O5S/c1-3-18(16-8-6-5-7-9-16)22-21(24)15-23(29(25,26)4-2)17-10-11-19-20(14-17)28-13-12-27-19/h5-11,14,18H,3-4,12-13,15H2,1-2H3,(H,22,24). The number of hydrogen-bond acceptors (Lipinski definition) is 5. The number of nitrogens with zero attached hydrogens (tertiary/aromatic N) is 1. The predicted octanol–water partition coefficient (Wildman–Crippen LogP) is 2.88. The number of rotatable bonds is 8. The number of fused-ring (bicyclic) bond motifs is 1. The topological polar surface area (TPSA) is 84.9 Å². The first-order valence-corrected chi connectivity index (χ1v) is 11.3. The Bertz CT molecular complexity index is 947. The Hall–Kier alpha value is -2.74. The van der Waals surface area contributed by atoms with Crippen LogP contribution < -0.4 is 19.1 Å². The predicted molar refractivity (Wildman–Crippen MR) is 112 cm³/mol. The zero-order chi connectivity index (χ0) is 20.9. The number of sulfonamides is 1. The van der Waals surface area contributed by atoms with E-state index < -0.39 is 10.0 Å². The molecule has 3 rings (SSSR count). The second-order valence-electron chi connectivity index (χ2n) is 6.67. The van der Waals surface area contributed by atoms with Crippen molar-refractivity contribution >= 4 is 21.6 Å². The molecule has 0 spiro atoms. The molecule has 0 fully saturated rings. The Labute approximate surface area is 171 Å². The molecule has 8 heteroatoms. The van der Waals surface area contributed by atoms with E-state index in [0.29, 0.717) is 36.8 Å². The summed E-state index contributed by atoms with van der Waals surface area (Å²) in [6.07, 6.45) is 0.695. The molecule has 0 radical (unpaired) electrons. The maximum atomic E-state index is 12.7. The number of amides is 1. The van der Waals surface area contributed by atoms with Crippen molar-refractivity contribution < 1.29 is 22.7 Å². The van der Waals surface area contributed by atoms with E-state index >= 15 is 0 Å². The summed E-state index contributed by atoms with van der Waals surface area (Å²) in [5.41, 5.74) is 1.35. The maximum Gasteiger partial charge on any atom is 0.241 e. The van der Waals surface area contributed by atoms with E-state index in [0.717, 1.165) is 9.87 Å². The van der Waals surface area contributed by atoms with E-state index in [-0.39, 0.29) is 24.2 Å². The van der Waals surface area contributed by atoms with Crippen molar-refractivity contribution in [1.82, 2.24) is 5.32 Å². The first kappa shape index (κ1) is 21.0. The largest absolute Gasteiger partial charge is 0.486 e. The quantitative estimate of drug-likeness (QED) is 0.713. The molecule has 0 saturated carbocycles. The highest BCUT2D eigenvalue weighted by Crippen LogP contribution is 2.34. The smallest absolute Gasteiger partial charge is 0.241 e. The molecular formula is C21H26N2O5S. The molecule has 1 atom stereocenters. The normalized spacial score (nSPS) is 14.1. The average Bonchev–Trinajstić information content (AvgIpc) is 2.76. The summed E-state index contributed by atoms with van der Waals surface area (Å²) in [5.74, 6) is 0.548. The van der Waals surface area contributed by atoms with Crippen LogP contribution in [-0.2, 0) is 14.8 Å². The monoisotopic (exact) mass is 418 g/mol. The van der Waals surface area contributed by atoms with Crippen LogP contribution in [0.3, 0.4) is 0 Å². The minimum Gasteiger partial charge on any atom is -0.486 e. The van der Waals surface area contributed by atoms with Gasteiger partial charge in [-0.05, 0) is 31.0 Å². The molecule has 2 aromatic carbocycles. The van der Waals surface area contributed by atoms with E-state index in [9.17, 15) is 13.2 Å². The van der Waals surface area contributed by atoms with Crippen molar-refractivity contribution in [1.29, 1.82) is 0 Å². The second-order valence-corrected chi connectivity index (χ2v) is 8.86. The highest BCUT2D eigenvalue weighted by Gasteiger charge is 2.26. The molecule has 0 aromatic heterocycles. The Morgan fingerprint density at radius 3 is 2.41 bits per heavy atom. The third-order valence-corrected chi connectivity index (χ3v) is 6.49. The lowest BCUT2D eigenvalue weighted by molar-refractivity contribution is -0.120. The van der Waals surface area contributed by atoms with Gasteiger partial charge in [0.2, 0.25) is 15.9 Å². The molecule has 1 unspecified atom stereocenters. The third-order valence-electron chi connectivity index (χ3n) is 4.75. The first-order valence-electron chi connectivity index (χ1n) is 9.69. The lowest BCUT2D eigenvalue weighted by Crippen LogP contribution is -2.42. The van der Waals surface area contributed by atoms with Crippen molar-refractivity contribution in [3.63, 3.8) is 0 Å². The van der Waals surface area contributed by atoms with Gasteiger partial charge < -0.3 is 14.8 Å². The molecule has 1 amide bonds. The molecule has 7 nitrogen and oxygen atoms in total. The van der Waals surface area contributed by atoms with Crippen molar-refractivity contribution in [2.45, 2.75) is 26.3 Å². The van der Waals surface area contributed by atoms with Crippen LogP contribution in [0.2, 0.25) is 0 Å². The van der Waals surface area contributed by atoms with E-state index in [1.54, 1.807) is 25.1 Å². The van der Waals surface area contributed by atoms with Crippen LogP contribution in [0.15, 0.2) is 48.5 Å². The maximum absolute atomic E-state index is 12.7. The lowest BCUT2D eigenvalue weighted by Gasteiger charge is -2.26. The zero-order valence-corrected chi connectivity index (χ0v) is 17.4. The summed E-state index contributed by atoms with van der Waals surface area (Å²) < 4.78 is 37.6. The molecule has 1 heterocycles. The van der Waals surface area contributed by atoms with E-state index in [1.807, 2.05) is 37.3 Å². The molecular weight excluding hydrogens is 392 g/mol. The highest BCUT2D eigenvalue weighted by atomic mass is 32.2. The van der Waals surface area contributed by atoms with Crippen LogP contribution in [0.5, 0.6) is 11.5 Å². The molecule has 29 heavy (non-hydrogen) atoms. The van der Waals surface area contributed by atoms with Crippen molar-refractivity contribution in [3.05, 3.63) is 54.1 Å². The van der Waals surface area contributed by atoms with Gasteiger partial charge in [0.15, 0.2) is 11.5 Å². The summed E-state index contributed by atoms with van der Waals surface area (Å²) in [5, 5.41) is 2.94. The number of carbonyl (C=O) groups is 1. The summed E-state index contributed by atoms with van der Waals surface area (Å²) in [6.45, 7) is 4.06. The fourth-order valence-electron chi connectivity index (χ4n) is 3.17. The molecule has 1 aliphatic heterocycles. The fraction of sp³-hybridized carbons (Fsp3) is 0.381. The van der Waals surface area contributed by atoms with Crippen molar-refractivity contribution in [2.24, 2.45) is 0 Å². The fourth-order valence-corrected chi connectivity index (χ4v) is 4.23. The molecule has 2 aromatic rings. The van der Waals surface area contributed by atoms with E-state index in [4.69, 9.17) is 9.47 Å². The summed E-state index contributed by atoms with van der Waals surface area (Å²) >= 11 is 0. The minimum absolute atomic E-state index is 0.120. The number of nitrogens with one attached hydrogen (secondary N) is 1. The van der Waals surface area contributed by atoms with Gasteiger partial charge in [0, 0.05) is 6.07 Å². The van der Waals surface area contributed by atoms with Crippen LogP contribution >= 0.6 is 0 Å². The molecule has 0 saturated heterocycles. The van der Waals surface area contributed by atoms with E-state index in [2.05, 4.69) is 5.32 Å².